The van der Waals surface area contributed by atoms with Crippen LogP contribution in [0.3, 0.4) is 0 Å². The molecule has 2 saturated carbocycles. The Hall–Kier alpha value is -3.75. The molecule has 62 heavy (non-hydrogen) atoms. The zero-order chi connectivity index (χ0) is 44.2. The number of carbonyl (C=O) groups excluding carboxylic acids is 2. The van der Waals surface area contributed by atoms with Crippen LogP contribution < -0.4 is 5.32 Å². The summed E-state index contributed by atoms with van der Waals surface area (Å²) < 4.78 is 13.3. The molecule has 2 aromatic carbocycles. The van der Waals surface area contributed by atoms with E-state index in [9.17, 15) is 9.59 Å². The second-order valence-electron chi connectivity index (χ2n) is 21.3. The topological polar surface area (TPSA) is 80.8 Å². The maximum Gasteiger partial charge on any atom is 0.409 e. The SMILES string of the molecule is CC1=C(CCC(=O)NCCCN(CCCc2ccccn2)C(=O)OCC2c3ccccc3-c3ccccc32)[C@@H]2CC[C@H]3C(C)(C)[C@@H](O[Si](C(C)C)C(C)(C)C)CC[C@]3(C)[C@H]2CC1. The Morgan fingerprint density at radius 3 is 2.23 bits per heavy atom. The maximum absolute atomic E-state index is 13.8. The van der Waals surface area contributed by atoms with Gasteiger partial charge in [0.1, 0.15) is 6.61 Å². The largest absolute Gasteiger partial charge is 0.448 e. The molecular formula is C54H76N3O4Si. The van der Waals surface area contributed by atoms with Crippen LogP contribution in [0.25, 0.3) is 11.1 Å². The highest BCUT2D eigenvalue weighted by atomic mass is 28.3. The van der Waals surface area contributed by atoms with Crippen molar-refractivity contribution in [2.45, 2.75) is 156 Å². The standard InChI is InChI=1S/C54H76N3O4Si/c1-37(2)62(52(4,5)6)61-49-30-31-54(9)47-27-24-38(3)40(45(47)25-28-48(54)53(49,7)8)26-29-50(58)56-33-17-35-57(34-16-19-39-18-14-15-32-55-39)51(59)60-36-46-43-22-12-10-20-41(43)42-21-11-13-23-44(42)46/h10-15,18,20-23,32,37,45-49H,16-17,19,24-31,33-36H2,1-9H3,(H,56,58)/t45-,47-,48-,49-,54+/m0/s1. The first-order chi connectivity index (χ1) is 29.6. The van der Waals surface area contributed by atoms with Crippen LogP contribution in [-0.2, 0) is 20.4 Å². The highest BCUT2D eigenvalue weighted by Gasteiger charge is 2.59. The number of pyridine rings is 1. The van der Waals surface area contributed by atoms with Gasteiger partial charge in [0.05, 0.1) is 6.10 Å². The highest BCUT2D eigenvalue weighted by Crippen LogP contribution is 2.65. The number of nitrogens with one attached hydrogen (secondary N) is 1. The third kappa shape index (κ3) is 9.97. The van der Waals surface area contributed by atoms with Crippen molar-refractivity contribution in [3.63, 3.8) is 0 Å². The zero-order valence-corrected chi connectivity index (χ0v) is 40.5. The van der Waals surface area contributed by atoms with Crippen molar-refractivity contribution >= 4 is 21.0 Å². The molecule has 1 heterocycles. The van der Waals surface area contributed by atoms with Crippen LogP contribution >= 0.6 is 0 Å². The molecule has 0 saturated heterocycles. The number of benzene rings is 2. The van der Waals surface area contributed by atoms with Crippen LogP contribution in [-0.4, -0.2) is 63.3 Å². The Balaban J connectivity index is 0.918. The van der Waals surface area contributed by atoms with E-state index in [1.165, 1.54) is 53.5 Å². The van der Waals surface area contributed by atoms with Crippen molar-refractivity contribution in [3.8, 4) is 11.1 Å². The first kappa shape index (κ1) is 46.2. The number of carbonyl (C=O) groups is 2. The Kier molecular flexibility index (Phi) is 14.6. The summed E-state index contributed by atoms with van der Waals surface area (Å²) in [5, 5.41) is 3.44. The smallest absolute Gasteiger partial charge is 0.409 e. The van der Waals surface area contributed by atoms with Gasteiger partial charge in [-0.25, -0.2) is 4.79 Å². The molecule has 7 rings (SSSR count). The van der Waals surface area contributed by atoms with Gasteiger partial charge in [0, 0.05) is 43.9 Å². The lowest BCUT2D eigenvalue weighted by atomic mass is 9.43. The number of ether oxygens (including phenoxy) is 1. The number of aryl methyl sites for hydroxylation is 1. The van der Waals surface area contributed by atoms with Gasteiger partial charge in [-0.2, -0.15) is 0 Å². The molecule has 5 atom stereocenters. The average Bonchev–Trinajstić information content (AvgIpc) is 3.55. The Bertz CT molecular complexity index is 1990. The van der Waals surface area contributed by atoms with Crippen molar-refractivity contribution in [1.82, 2.24) is 15.2 Å². The monoisotopic (exact) mass is 859 g/mol. The second-order valence-corrected chi connectivity index (χ2v) is 25.0. The molecule has 3 aromatic rings. The van der Waals surface area contributed by atoms with E-state index in [0.717, 1.165) is 37.8 Å². The minimum absolute atomic E-state index is 0.00985. The molecule has 0 bridgehead atoms. The summed E-state index contributed by atoms with van der Waals surface area (Å²) in [4.78, 5) is 33.6. The molecule has 4 aliphatic carbocycles. The van der Waals surface area contributed by atoms with Gasteiger partial charge in [-0.15, -0.1) is 0 Å². The minimum atomic E-state index is -0.979. The molecule has 1 radical (unpaired) electrons. The van der Waals surface area contributed by atoms with Gasteiger partial charge in [0.2, 0.25) is 14.9 Å². The van der Waals surface area contributed by atoms with Gasteiger partial charge in [-0.3, -0.25) is 9.78 Å². The number of amides is 2. The first-order valence-corrected chi connectivity index (χ1v) is 25.6. The molecule has 8 heteroatoms. The zero-order valence-electron chi connectivity index (χ0n) is 39.5. The number of rotatable bonds is 16. The lowest BCUT2D eigenvalue weighted by molar-refractivity contribution is -0.144. The van der Waals surface area contributed by atoms with Crippen LogP contribution in [0.5, 0.6) is 0 Å². The van der Waals surface area contributed by atoms with Crippen LogP contribution in [0.1, 0.15) is 149 Å². The minimum Gasteiger partial charge on any atom is -0.448 e. The van der Waals surface area contributed by atoms with E-state index < -0.39 is 9.04 Å². The second kappa shape index (κ2) is 19.6. The number of aromatic nitrogens is 1. The third-order valence-electron chi connectivity index (χ3n) is 15.7. The predicted octanol–water partition coefficient (Wildman–Crippen LogP) is 12.7. The van der Waals surface area contributed by atoms with Gasteiger partial charge in [0.25, 0.3) is 0 Å². The van der Waals surface area contributed by atoms with E-state index in [0.29, 0.717) is 73.9 Å². The Morgan fingerprint density at radius 1 is 0.887 bits per heavy atom. The maximum atomic E-state index is 13.8. The average molecular weight is 859 g/mol. The van der Waals surface area contributed by atoms with E-state index >= 15 is 0 Å². The molecule has 0 spiro atoms. The van der Waals surface area contributed by atoms with Gasteiger partial charge < -0.3 is 19.4 Å². The van der Waals surface area contributed by atoms with Crippen LogP contribution in [0.2, 0.25) is 10.6 Å². The molecule has 1 N–H and O–H groups in total. The van der Waals surface area contributed by atoms with Gasteiger partial charge in [0.15, 0.2) is 0 Å². The summed E-state index contributed by atoms with van der Waals surface area (Å²) in [5.41, 5.74) is 9.98. The molecule has 0 aliphatic heterocycles. The molecule has 0 unspecified atom stereocenters. The number of nitrogens with zero attached hydrogens (tertiary/aromatic N) is 2. The molecule has 2 fully saturated rings. The van der Waals surface area contributed by atoms with Crippen LogP contribution in [0.15, 0.2) is 84.1 Å². The van der Waals surface area contributed by atoms with Crippen LogP contribution in [0, 0.1) is 28.6 Å². The van der Waals surface area contributed by atoms with Gasteiger partial charge in [-0.1, -0.05) is 121 Å². The predicted molar refractivity (Wildman–Crippen MR) is 254 cm³/mol. The first-order valence-electron chi connectivity index (χ1n) is 24.1. The summed E-state index contributed by atoms with van der Waals surface area (Å²) in [6.45, 7) is 23.8. The van der Waals surface area contributed by atoms with E-state index in [4.69, 9.17) is 9.16 Å². The third-order valence-corrected chi connectivity index (χ3v) is 18.7. The number of allylic oxidation sites excluding steroid dienone is 2. The molecule has 7 nitrogen and oxygen atoms in total. The van der Waals surface area contributed by atoms with E-state index in [-0.39, 0.29) is 28.4 Å². The van der Waals surface area contributed by atoms with Crippen molar-refractivity contribution in [3.05, 3.63) is 101 Å². The Labute approximate surface area is 376 Å². The van der Waals surface area contributed by atoms with Crippen molar-refractivity contribution < 1.29 is 18.8 Å². The van der Waals surface area contributed by atoms with E-state index in [1.807, 2.05) is 29.3 Å². The lowest BCUT2D eigenvalue weighted by Crippen LogP contribution is -2.58. The van der Waals surface area contributed by atoms with Gasteiger partial charge >= 0.3 is 6.09 Å². The fourth-order valence-electron chi connectivity index (χ4n) is 12.8. The highest BCUT2D eigenvalue weighted by molar-refractivity contribution is 6.56. The molecule has 335 valence electrons. The molecular weight excluding hydrogens is 783 g/mol. The van der Waals surface area contributed by atoms with Crippen molar-refractivity contribution in [1.29, 1.82) is 0 Å². The Morgan fingerprint density at radius 2 is 1.56 bits per heavy atom. The van der Waals surface area contributed by atoms with E-state index in [1.54, 1.807) is 5.57 Å². The summed E-state index contributed by atoms with van der Waals surface area (Å²) in [5.74, 6) is 2.01. The summed E-state index contributed by atoms with van der Waals surface area (Å²) in [6.07, 6.45) is 12.7. The van der Waals surface area contributed by atoms with Crippen molar-refractivity contribution in [2.24, 2.45) is 28.6 Å². The summed E-state index contributed by atoms with van der Waals surface area (Å²) in [7, 11) is -0.979. The lowest BCUT2D eigenvalue weighted by Gasteiger charge is -2.63. The summed E-state index contributed by atoms with van der Waals surface area (Å²) >= 11 is 0. The number of hydrogen-bond acceptors (Lipinski definition) is 5. The fourth-order valence-corrected chi connectivity index (χ4v) is 15.9. The number of fused-ring (bicyclic) bond motifs is 6. The number of hydrogen-bond donors (Lipinski definition) is 1. The quantitative estimate of drug-likeness (QED) is 0.0881. The normalized spacial score (nSPS) is 24.3. The summed E-state index contributed by atoms with van der Waals surface area (Å²) in [6, 6.07) is 22.8. The molecule has 2 amide bonds. The fraction of sp³-hybridized carbons (Fsp3) is 0.611. The van der Waals surface area contributed by atoms with Gasteiger partial charge in [-0.05, 0) is 145 Å². The molecule has 1 aromatic heterocycles. The van der Waals surface area contributed by atoms with Crippen LogP contribution in [0.4, 0.5) is 4.79 Å². The van der Waals surface area contributed by atoms with Crippen molar-refractivity contribution in [2.75, 3.05) is 26.2 Å². The molecule has 4 aliphatic rings. The van der Waals surface area contributed by atoms with E-state index in [2.05, 4.69) is 121 Å².